The highest BCUT2D eigenvalue weighted by atomic mass is 32.1. The molecule has 0 spiro atoms. The molecule has 0 amide bonds. The van der Waals surface area contributed by atoms with Crippen molar-refractivity contribution in [2.24, 2.45) is 0 Å². The minimum Gasteiger partial charge on any atom is -0.299 e. The van der Waals surface area contributed by atoms with Crippen LogP contribution in [0.15, 0.2) is 11.0 Å². The molecule has 2 rings (SSSR count). The van der Waals surface area contributed by atoms with E-state index in [2.05, 4.69) is 18.8 Å². The smallest absolute Gasteiger partial charge is 0.299 e. The van der Waals surface area contributed by atoms with Crippen LogP contribution in [0.3, 0.4) is 0 Å². The largest absolute Gasteiger partial charge is 0.348 e. The molecule has 0 atom stereocenters. The maximum Gasteiger partial charge on any atom is 0.348 e. The van der Waals surface area contributed by atoms with Gasteiger partial charge in [0.15, 0.2) is 0 Å². The molecule has 2 aromatic heterocycles. The van der Waals surface area contributed by atoms with Gasteiger partial charge in [0.25, 0.3) is 0 Å². The molecular weight excluding hydrogens is 196 g/mol. The van der Waals surface area contributed by atoms with Crippen molar-refractivity contribution >= 4 is 21.6 Å². The molecule has 0 saturated carbocycles. The Morgan fingerprint density at radius 1 is 1.50 bits per heavy atom. The molecule has 2 aromatic rings. The maximum atomic E-state index is 11.4. The number of hydrogen-bond acceptors (Lipinski definition) is 3. The van der Waals surface area contributed by atoms with Crippen LogP contribution in [-0.4, -0.2) is 9.55 Å². The third-order valence-electron chi connectivity index (χ3n) is 2.48. The van der Waals surface area contributed by atoms with Crippen molar-refractivity contribution in [2.45, 2.75) is 27.3 Å². The van der Waals surface area contributed by atoms with Gasteiger partial charge in [-0.2, -0.15) is 4.98 Å². The fourth-order valence-corrected chi connectivity index (χ4v) is 2.44. The van der Waals surface area contributed by atoms with E-state index in [0.717, 1.165) is 10.2 Å². The van der Waals surface area contributed by atoms with E-state index in [1.54, 1.807) is 15.9 Å². The molecule has 14 heavy (non-hydrogen) atoms. The van der Waals surface area contributed by atoms with Crippen molar-refractivity contribution in [3.8, 4) is 0 Å². The van der Waals surface area contributed by atoms with Crippen LogP contribution >= 0.6 is 11.3 Å². The first-order valence-electron chi connectivity index (χ1n) is 4.60. The normalized spacial score (nSPS) is 11.1. The van der Waals surface area contributed by atoms with Gasteiger partial charge in [0.2, 0.25) is 0 Å². The van der Waals surface area contributed by atoms with Crippen molar-refractivity contribution in [2.75, 3.05) is 0 Å². The average molecular weight is 208 g/mol. The molecule has 74 valence electrons. The molecule has 2 heterocycles. The molecule has 0 N–H and O–H groups in total. The van der Waals surface area contributed by atoms with E-state index in [4.69, 9.17) is 0 Å². The number of aromatic nitrogens is 2. The Labute approximate surface area is 86.0 Å². The van der Waals surface area contributed by atoms with Crippen LogP contribution in [0.1, 0.15) is 17.4 Å². The van der Waals surface area contributed by atoms with Gasteiger partial charge in [0, 0.05) is 23.0 Å². The summed E-state index contributed by atoms with van der Waals surface area (Å²) in [5, 5.41) is 1.11. The van der Waals surface area contributed by atoms with Gasteiger partial charge < -0.3 is 0 Å². The first-order chi connectivity index (χ1) is 6.63. The monoisotopic (exact) mass is 208 g/mol. The summed E-state index contributed by atoms with van der Waals surface area (Å²) in [6.45, 7) is 6.75. The van der Waals surface area contributed by atoms with E-state index in [9.17, 15) is 4.79 Å². The predicted molar refractivity (Wildman–Crippen MR) is 59.0 cm³/mol. The van der Waals surface area contributed by atoms with Gasteiger partial charge in [-0.3, -0.25) is 4.57 Å². The fraction of sp³-hybridized carbons (Fsp3) is 0.400. The number of rotatable bonds is 1. The Balaban J connectivity index is 2.87. The molecule has 0 bridgehead atoms. The lowest BCUT2D eigenvalue weighted by atomic mass is 10.2. The summed E-state index contributed by atoms with van der Waals surface area (Å²) in [7, 11) is 0. The molecule has 0 radical (unpaired) electrons. The number of nitrogens with zero attached hydrogens (tertiary/aromatic N) is 2. The van der Waals surface area contributed by atoms with Crippen LogP contribution in [0.4, 0.5) is 0 Å². The molecule has 0 fully saturated rings. The van der Waals surface area contributed by atoms with Gasteiger partial charge in [0.05, 0.1) is 0 Å². The summed E-state index contributed by atoms with van der Waals surface area (Å²) >= 11 is 1.59. The second-order valence-electron chi connectivity index (χ2n) is 3.31. The van der Waals surface area contributed by atoms with E-state index in [-0.39, 0.29) is 5.69 Å². The van der Waals surface area contributed by atoms with E-state index in [1.165, 1.54) is 10.4 Å². The van der Waals surface area contributed by atoms with Crippen molar-refractivity contribution in [3.63, 3.8) is 0 Å². The summed E-state index contributed by atoms with van der Waals surface area (Å²) in [4.78, 5) is 17.6. The highest BCUT2D eigenvalue weighted by Gasteiger charge is 2.07. The van der Waals surface area contributed by atoms with Crippen LogP contribution < -0.4 is 5.69 Å². The summed E-state index contributed by atoms with van der Waals surface area (Å²) in [6, 6.07) is 0. The quantitative estimate of drug-likeness (QED) is 0.719. The lowest BCUT2D eigenvalue weighted by molar-refractivity contribution is 0.709. The summed E-state index contributed by atoms with van der Waals surface area (Å²) in [6.07, 6.45) is 1.91. The van der Waals surface area contributed by atoms with Gasteiger partial charge in [-0.15, -0.1) is 11.3 Å². The molecule has 0 aliphatic heterocycles. The van der Waals surface area contributed by atoms with E-state index in [0.29, 0.717) is 6.54 Å². The van der Waals surface area contributed by atoms with Gasteiger partial charge in [-0.1, -0.05) is 0 Å². The Bertz CT molecular complexity index is 539. The predicted octanol–water partition coefficient (Wildman–Crippen LogP) is 2.09. The zero-order valence-corrected chi connectivity index (χ0v) is 9.31. The van der Waals surface area contributed by atoms with E-state index in [1.807, 2.05) is 13.1 Å². The van der Waals surface area contributed by atoms with Crippen LogP contribution in [-0.2, 0) is 6.54 Å². The number of hydrogen-bond donors (Lipinski definition) is 0. The number of aryl methyl sites for hydroxylation is 3. The van der Waals surface area contributed by atoms with Gasteiger partial charge in [0.1, 0.15) is 4.83 Å². The molecule has 0 unspecified atom stereocenters. The van der Waals surface area contributed by atoms with Crippen molar-refractivity contribution in [3.05, 3.63) is 27.1 Å². The minimum atomic E-state index is -0.152. The Hall–Kier alpha value is -1.16. The van der Waals surface area contributed by atoms with Gasteiger partial charge in [-0.25, -0.2) is 4.79 Å². The Morgan fingerprint density at radius 3 is 2.86 bits per heavy atom. The van der Waals surface area contributed by atoms with E-state index >= 15 is 0 Å². The van der Waals surface area contributed by atoms with E-state index < -0.39 is 0 Å². The zero-order chi connectivity index (χ0) is 10.3. The zero-order valence-electron chi connectivity index (χ0n) is 8.50. The molecular formula is C10H12N2OS. The fourth-order valence-electron chi connectivity index (χ4n) is 1.45. The van der Waals surface area contributed by atoms with Gasteiger partial charge in [-0.05, 0) is 26.3 Å². The van der Waals surface area contributed by atoms with Crippen molar-refractivity contribution < 1.29 is 0 Å². The first-order valence-corrected chi connectivity index (χ1v) is 5.42. The molecule has 0 aromatic carbocycles. The van der Waals surface area contributed by atoms with Gasteiger partial charge >= 0.3 is 5.69 Å². The second-order valence-corrected chi connectivity index (χ2v) is 4.51. The van der Waals surface area contributed by atoms with Crippen LogP contribution in [0.5, 0.6) is 0 Å². The second kappa shape index (κ2) is 3.20. The minimum absolute atomic E-state index is 0.152. The Morgan fingerprint density at radius 2 is 2.21 bits per heavy atom. The van der Waals surface area contributed by atoms with Crippen LogP contribution in [0.25, 0.3) is 10.2 Å². The third-order valence-corrected chi connectivity index (χ3v) is 3.60. The lowest BCUT2D eigenvalue weighted by Gasteiger charge is -1.99. The molecule has 0 saturated heterocycles. The SMILES string of the molecule is CCn1cc2c(C)c(C)sc2nc1=O. The maximum absolute atomic E-state index is 11.4. The standard InChI is InChI=1S/C10H12N2OS/c1-4-12-5-8-6(2)7(3)14-9(8)11-10(12)13/h5H,4H2,1-3H3. The topological polar surface area (TPSA) is 34.9 Å². The molecule has 0 aliphatic carbocycles. The van der Waals surface area contributed by atoms with Crippen molar-refractivity contribution in [1.82, 2.24) is 9.55 Å². The third kappa shape index (κ3) is 1.26. The summed E-state index contributed by atoms with van der Waals surface area (Å²) in [5.74, 6) is 0. The van der Waals surface area contributed by atoms with Crippen LogP contribution in [0, 0.1) is 13.8 Å². The summed E-state index contributed by atoms with van der Waals surface area (Å²) < 4.78 is 1.64. The molecule has 3 nitrogen and oxygen atoms in total. The average Bonchev–Trinajstić information content (AvgIpc) is 2.41. The number of fused-ring (bicyclic) bond motifs is 1. The van der Waals surface area contributed by atoms with Crippen molar-refractivity contribution in [1.29, 1.82) is 0 Å². The first kappa shape index (κ1) is 9.40. The molecule has 4 heteroatoms. The Kier molecular flexibility index (Phi) is 2.15. The highest BCUT2D eigenvalue weighted by molar-refractivity contribution is 7.18. The molecule has 0 aliphatic rings. The lowest BCUT2D eigenvalue weighted by Crippen LogP contribution is -2.20. The highest BCUT2D eigenvalue weighted by Crippen LogP contribution is 2.26. The number of thiophene rings is 1. The summed E-state index contributed by atoms with van der Waals surface area (Å²) in [5.41, 5.74) is 1.08. The van der Waals surface area contributed by atoms with Crippen LogP contribution in [0.2, 0.25) is 0 Å².